The standard InChI is InChI=1S/C12H25N3/c1-3-5-6-7-8-9-11-12(10-4-2)14-15-13/h12H,3-11H2,1-2H3. The Bertz CT molecular complexity index is 174. The largest absolute Gasteiger partial charge is 0.0906 e. The van der Waals surface area contributed by atoms with E-state index in [-0.39, 0.29) is 6.04 Å². The van der Waals surface area contributed by atoms with Gasteiger partial charge in [-0.25, -0.2) is 0 Å². The molecule has 0 radical (unpaired) electrons. The lowest BCUT2D eigenvalue weighted by atomic mass is 10.0. The van der Waals surface area contributed by atoms with Crippen molar-refractivity contribution in [3.05, 3.63) is 10.4 Å². The first-order valence-corrected chi connectivity index (χ1v) is 6.39. The molecule has 0 fully saturated rings. The summed E-state index contributed by atoms with van der Waals surface area (Å²) in [6, 6.07) is 0.242. The summed E-state index contributed by atoms with van der Waals surface area (Å²) in [6.07, 6.45) is 11.1. The average molecular weight is 211 g/mol. The molecule has 0 aromatic heterocycles. The van der Waals surface area contributed by atoms with Gasteiger partial charge in [-0.15, -0.1) is 0 Å². The van der Waals surface area contributed by atoms with Crippen LogP contribution < -0.4 is 0 Å². The second kappa shape index (κ2) is 11.4. The SMILES string of the molecule is CCCCCCCCC(CCC)N=[N+]=[N-]. The number of hydrogen-bond donors (Lipinski definition) is 0. The summed E-state index contributed by atoms with van der Waals surface area (Å²) in [5.74, 6) is 0. The first kappa shape index (κ1) is 14.3. The van der Waals surface area contributed by atoms with Gasteiger partial charge in [-0.3, -0.25) is 0 Å². The van der Waals surface area contributed by atoms with Gasteiger partial charge in [-0.1, -0.05) is 63.9 Å². The van der Waals surface area contributed by atoms with Crippen molar-refractivity contribution in [3.63, 3.8) is 0 Å². The second-order valence-electron chi connectivity index (χ2n) is 4.20. The molecule has 0 aliphatic rings. The Morgan fingerprint density at radius 1 is 0.933 bits per heavy atom. The molecule has 0 N–H and O–H groups in total. The zero-order valence-corrected chi connectivity index (χ0v) is 10.3. The highest BCUT2D eigenvalue weighted by atomic mass is 15.1. The van der Waals surface area contributed by atoms with Gasteiger partial charge >= 0.3 is 0 Å². The summed E-state index contributed by atoms with van der Waals surface area (Å²) >= 11 is 0. The third-order valence-electron chi connectivity index (χ3n) is 2.73. The normalized spacial score (nSPS) is 12.1. The fourth-order valence-corrected chi connectivity index (χ4v) is 1.83. The van der Waals surface area contributed by atoms with Crippen molar-refractivity contribution in [1.29, 1.82) is 0 Å². The summed E-state index contributed by atoms with van der Waals surface area (Å²) in [5, 5.41) is 3.83. The van der Waals surface area contributed by atoms with Crippen LogP contribution in [0.5, 0.6) is 0 Å². The molecule has 0 spiro atoms. The molecule has 15 heavy (non-hydrogen) atoms. The molecule has 0 heterocycles. The van der Waals surface area contributed by atoms with Crippen LogP contribution in [0.25, 0.3) is 10.4 Å². The van der Waals surface area contributed by atoms with Crippen LogP contribution in [-0.2, 0) is 0 Å². The van der Waals surface area contributed by atoms with Crippen molar-refractivity contribution < 1.29 is 0 Å². The molecule has 0 saturated carbocycles. The predicted molar refractivity (Wildman–Crippen MR) is 65.8 cm³/mol. The van der Waals surface area contributed by atoms with Gasteiger partial charge in [-0.05, 0) is 18.4 Å². The molecule has 3 nitrogen and oxygen atoms in total. The van der Waals surface area contributed by atoms with Crippen molar-refractivity contribution in [3.8, 4) is 0 Å². The Hall–Kier alpha value is -0.690. The van der Waals surface area contributed by atoms with Gasteiger partial charge in [0, 0.05) is 11.0 Å². The molecule has 0 aromatic rings. The van der Waals surface area contributed by atoms with E-state index >= 15 is 0 Å². The van der Waals surface area contributed by atoms with Gasteiger partial charge in [0.1, 0.15) is 0 Å². The van der Waals surface area contributed by atoms with Crippen molar-refractivity contribution in [2.75, 3.05) is 0 Å². The molecule has 0 saturated heterocycles. The number of unbranched alkanes of at least 4 members (excludes halogenated alkanes) is 5. The van der Waals surface area contributed by atoms with Crippen LogP contribution in [0.15, 0.2) is 5.11 Å². The van der Waals surface area contributed by atoms with E-state index in [1.807, 2.05) is 0 Å². The van der Waals surface area contributed by atoms with Crippen LogP contribution in [0.4, 0.5) is 0 Å². The summed E-state index contributed by atoms with van der Waals surface area (Å²) in [4.78, 5) is 2.91. The maximum atomic E-state index is 8.39. The first-order chi connectivity index (χ1) is 7.35. The van der Waals surface area contributed by atoms with E-state index in [1.54, 1.807) is 0 Å². The Balaban J connectivity index is 3.40. The Morgan fingerprint density at radius 3 is 2.20 bits per heavy atom. The van der Waals surface area contributed by atoms with Crippen molar-refractivity contribution in [2.24, 2.45) is 5.11 Å². The third-order valence-corrected chi connectivity index (χ3v) is 2.73. The minimum absolute atomic E-state index is 0.242. The predicted octanol–water partition coefficient (Wildman–Crippen LogP) is 5.22. The van der Waals surface area contributed by atoms with Crippen LogP contribution in [-0.4, -0.2) is 6.04 Å². The summed E-state index contributed by atoms with van der Waals surface area (Å²) in [7, 11) is 0. The van der Waals surface area contributed by atoms with Gasteiger partial charge < -0.3 is 0 Å². The molecular formula is C12H25N3. The molecule has 0 aliphatic carbocycles. The lowest BCUT2D eigenvalue weighted by Gasteiger charge is -2.08. The number of hydrogen-bond acceptors (Lipinski definition) is 1. The summed E-state index contributed by atoms with van der Waals surface area (Å²) in [5.41, 5.74) is 8.39. The lowest BCUT2D eigenvalue weighted by molar-refractivity contribution is 0.507. The minimum atomic E-state index is 0.242. The molecule has 0 amide bonds. The maximum Gasteiger partial charge on any atom is 0.0374 e. The fourth-order valence-electron chi connectivity index (χ4n) is 1.83. The number of rotatable bonds is 10. The van der Waals surface area contributed by atoms with E-state index in [4.69, 9.17) is 5.53 Å². The lowest BCUT2D eigenvalue weighted by Crippen LogP contribution is -2.02. The van der Waals surface area contributed by atoms with E-state index in [1.165, 1.54) is 38.5 Å². The summed E-state index contributed by atoms with van der Waals surface area (Å²) in [6.45, 7) is 4.38. The van der Waals surface area contributed by atoms with Crippen LogP contribution in [0, 0.1) is 0 Å². The molecular weight excluding hydrogens is 186 g/mol. The van der Waals surface area contributed by atoms with Crippen molar-refractivity contribution in [1.82, 2.24) is 0 Å². The van der Waals surface area contributed by atoms with Gasteiger partial charge in [0.05, 0.1) is 0 Å². The smallest absolute Gasteiger partial charge is 0.0374 e. The van der Waals surface area contributed by atoms with Gasteiger partial charge in [0.2, 0.25) is 0 Å². The highest BCUT2D eigenvalue weighted by molar-refractivity contribution is 4.66. The first-order valence-electron chi connectivity index (χ1n) is 6.39. The van der Waals surface area contributed by atoms with Crippen molar-refractivity contribution in [2.45, 2.75) is 77.7 Å². The molecule has 0 aromatic carbocycles. The van der Waals surface area contributed by atoms with Crippen LogP contribution >= 0.6 is 0 Å². The molecule has 0 aliphatic heterocycles. The minimum Gasteiger partial charge on any atom is -0.0906 e. The van der Waals surface area contributed by atoms with E-state index in [2.05, 4.69) is 23.9 Å². The van der Waals surface area contributed by atoms with Crippen LogP contribution in [0.2, 0.25) is 0 Å². The molecule has 3 heteroatoms. The number of azide groups is 1. The maximum absolute atomic E-state index is 8.39. The zero-order chi connectivity index (χ0) is 11.4. The van der Waals surface area contributed by atoms with Gasteiger partial charge in [0.15, 0.2) is 0 Å². The molecule has 1 unspecified atom stereocenters. The summed E-state index contributed by atoms with van der Waals surface area (Å²) < 4.78 is 0. The highest BCUT2D eigenvalue weighted by Crippen LogP contribution is 2.13. The van der Waals surface area contributed by atoms with Gasteiger partial charge in [-0.2, -0.15) is 0 Å². The molecule has 0 bridgehead atoms. The second-order valence-corrected chi connectivity index (χ2v) is 4.20. The Kier molecular flexibility index (Phi) is 10.9. The number of nitrogens with zero attached hydrogens (tertiary/aromatic N) is 3. The average Bonchev–Trinajstić information content (AvgIpc) is 2.24. The van der Waals surface area contributed by atoms with E-state index in [0.29, 0.717) is 0 Å². The topological polar surface area (TPSA) is 48.8 Å². The van der Waals surface area contributed by atoms with E-state index < -0.39 is 0 Å². The molecule has 1 atom stereocenters. The monoisotopic (exact) mass is 211 g/mol. The zero-order valence-electron chi connectivity index (χ0n) is 10.3. The van der Waals surface area contributed by atoms with E-state index in [9.17, 15) is 0 Å². The Labute approximate surface area is 93.9 Å². The Morgan fingerprint density at radius 2 is 1.60 bits per heavy atom. The third kappa shape index (κ3) is 9.61. The highest BCUT2D eigenvalue weighted by Gasteiger charge is 2.03. The van der Waals surface area contributed by atoms with Gasteiger partial charge in [0.25, 0.3) is 0 Å². The van der Waals surface area contributed by atoms with Crippen LogP contribution in [0.3, 0.4) is 0 Å². The van der Waals surface area contributed by atoms with Crippen LogP contribution in [0.1, 0.15) is 71.6 Å². The molecule has 0 rings (SSSR count). The van der Waals surface area contributed by atoms with Crippen molar-refractivity contribution >= 4 is 0 Å². The van der Waals surface area contributed by atoms with E-state index in [0.717, 1.165) is 19.3 Å². The molecule has 88 valence electrons. The fraction of sp³-hybridized carbons (Fsp3) is 1.00. The quantitative estimate of drug-likeness (QED) is 0.206.